The number of hydrogen-bond acceptors (Lipinski definition) is 6. The van der Waals surface area contributed by atoms with Gasteiger partial charge in [-0.3, -0.25) is 9.59 Å². The summed E-state index contributed by atoms with van der Waals surface area (Å²) in [6.07, 6.45) is 1.59. The molecule has 1 aromatic heterocycles. The lowest BCUT2D eigenvalue weighted by Crippen LogP contribution is -2.58. The van der Waals surface area contributed by atoms with Crippen molar-refractivity contribution >= 4 is 28.7 Å². The van der Waals surface area contributed by atoms with Crippen LogP contribution < -0.4 is 4.74 Å². The number of fused-ring (bicyclic) bond motifs is 1. The molecule has 1 aliphatic rings. The van der Waals surface area contributed by atoms with Gasteiger partial charge in [0.1, 0.15) is 5.75 Å². The SMILES string of the molecule is COC(=O)c1cccc2c(OCC(=O)N3CCN(C(=O)c4ccccc4)CC3CO)c[nH]c12. The van der Waals surface area contributed by atoms with Crippen LogP contribution >= 0.6 is 0 Å². The van der Waals surface area contributed by atoms with Crippen LogP contribution in [0.15, 0.2) is 54.7 Å². The molecule has 1 saturated heterocycles. The Morgan fingerprint density at radius 3 is 2.61 bits per heavy atom. The predicted molar refractivity (Wildman–Crippen MR) is 120 cm³/mol. The molecule has 2 amide bonds. The fourth-order valence-electron chi connectivity index (χ4n) is 4.04. The molecule has 0 saturated carbocycles. The number of methoxy groups -OCH3 is 1. The molecule has 0 bridgehead atoms. The summed E-state index contributed by atoms with van der Waals surface area (Å²) < 4.78 is 10.5. The summed E-state index contributed by atoms with van der Waals surface area (Å²) in [5, 5.41) is 10.5. The summed E-state index contributed by atoms with van der Waals surface area (Å²) in [7, 11) is 1.31. The van der Waals surface area contributed by atoms with Crippen LogP contribution in [0.4, 0.5) is 0 Å². The first kappa shape index (κ1) is 22.3. The van der Waals surface area contributed by atoms with Gasteiger partial charge >= 0.3 is 5.97 Å². The number of rotatable bonds is 6. The number of nitrogens with one attached hydrogen (secondary N) is 1. The van der Waals surface area contributed by atoms with Gasteiger partial charge in [0.25, 0.3) is 11.8 Å². The van der Waals surface area contributed by atoms with Crippen molar-refractivity contribution in [3.8, 4) is 5.75 Å². The second-order valence-electron chi connectivity index (χ2n) is 7.70. The number of hydrogen-bond donors (Lipinski definition) is 2. The standard InChI is InChI=1S/C24H25N3O6/c1-32-24(31)19-9-5-8-18-20(12-25-22(18)19)33-15-21(29)27-11-10-26(13-17(27)14-28)23(30)16-6-3-2-4-7-16/h2-9,12,17,25,28H,10-11,13-15H2,1H3. The van der Waals surface area contributed by atoms with E-state index in [0.29, 0.717) is 40.9 Å². The zero-order valence-corrected chi connectivity index (χ0v) is 18.2. The highest BCUT2D eigenvalue weighted by atomic mass is 16.5. The maximum atomic E-state index is 12.9. The van der Waals surface area contributed by atoms with Gasteiger partial charge in [-0.25, -0.2) is 4.79 Å². The lowest BCUT2D eigenvalue weighted by atomic mass is 10.1. The number of para-hydroxylation sites is 1. The summed E-state index contributed by atoms with van der Waals surface area (Å²) in [6.45, 7) is 0.405. The molecule has 9 nitrogen and oxygen atoms in total. The van der Waals surface area contributed by atoms with Gasteiger partial charge in [0.2, 0.25) is 0 Å². The normalized spacial score (nSPS) is 16.0. The van der Waals surface area contributed by atoms with E-state index in [1.54, 1.807) is 58.5 Å². The van der Waals surface area contributed by atoms with Gasteiger partial charge in [-0.1, -0.05) is 24.3 Å². The number of nitrogens with zero attached hydrogens (tertiary/aromatic N) is 2. The number of carbonyl (C=O) groups is 3. The maximum Gasteiger partial charge on any atom is 0.339 e. The number of aromatic amines is 1. The van der Waals surface area contributed by atoms with Gasteiger partial charge in [0.05, 0.1) is 30.8 Å². The quantitative estimate of drug-likeness (QED) is 0.552. The van der Waals surface area contributed by atoms with E-state index in [2.05, 4.69) is 4.98 Å². The number of piperazine rings is 1. The molecule has 1 atom stereocenters. The number of aromatic nitrogens is 1. The Balaban J connectivity index is 1.41. The Kier molecular flexibility index (Phi) is 6.60. The van der Waals surface area contributed by atoms with Crippen molar-refractivity contribution in [1.82, 2.24) is 14.8 Å². The fraction of sp³-hybridized carbons (Fsp3) is 0.292. The number of H-pyrrole nitrogens is 1. The van der Waals surface area contributed by atoms with E-state index >= 15 is 0 Å². The van der Waals surface area contributed by atoms with Crippen molar-refractivity contribution < 1.29 is 29.0 Å². The van der Waals surface area contributed by atoms with E-state index in [1.165, 1.54) is 7.11 Å². The minimum absolute atomic E-state index is 0.127. The summed E-state index contributed by atoms with van der Waals surface area (Å²) >= 11 is 0. The average molecular weight is 451 g/mol. The number of aliphatic hydroxyl groups excluding tert-OH is 1. The number of carbonyl (C=O) groups excluding carboxylic acids is 3. The van der Waals surface area contributed by atoms with E-state index in [9.17, 15) is 19.5 Å². The van der Waals surface area contributed by atoms with Crippen LogP contribution in [0, 0.1) is 0 Å². The molecule has 2 N–H and O–H groups in total. The van der Waals surface area contributed by atoms with Gasteiger partial charge in [-0.05, 0) is 24.3 Å². The highest BCUT2D eigenvalue weighted by Crippen LogP contribution is 2.28. The third kappa shape index (κ3) is 4.54. The van der Waals surface area contributed by atoms with Gasteiger partial charge in [0.15, 0.2) is 6.61 Å². The van der Waals surface area contributed by atoms with Crippen LogP contribution in [-0.2, 0) is 9.53 Å². The smallest absolute Gasteiger partial charge is 0.339 e. The monoisotopic (exact) mass is 451 g/mol. The first-order valence-corrected chi connectivity index (χ1v) is 10.6. The summed E-state index contributed by atoms with van der Waals surface area (Å²) in [4.78, 5) is 43.7. The van der Waals surface area contributed by atoms with Crippen molar-refractivity contribution in [2.24, 2.45) is 0 Å². The van der Waals surface area contributed by atoms with E-state index in [4.69, 9.17) is 9.47 Å². The minimum atomic E-state index is -0.517. The number of aliphatic hydroxyl groups is 1. The molecule has 3 aromatic rings. The second kappa shape index (κ2) is 9.74. The van der Waals surface area contributed by atoms with Crippen molar-refractivity contribution in [2.75, 3.05) is 40.0 Å². The highest BCUT2D eigenvalue weighted by Gasteiger charge is 2.32. The molecule has 2 aromatic carbocycles. The van der Waals surface area contributed by atoms with E-state index in [1.807, 2.05) is 6.07 Å². The molecule has 0 radical (unpaired) electrons. The van der Waals surface area contributed by atoms with E-state index in [-0.39, 0.29) is 31.6 Å². The maximum absolute atomic E-state index is 12.9. The van der Waals surface area contributed by atoms with Crippen molar-refractivity contribution in [3.05, 3.63) is 65.9 Å². The van der Waals surface area contributed by atoms with Gasteiger partial charge < -0.3 is 29.4 Å². The number of amides is 2. The molecule has 33 heavy (non-hydrogen) atoms. The molecular formula is C24H25N3O6. The minimum Gasteiger partial charge on any atom is -0.482 e. The summed E-state index contributed by atoms with van der Waals surface area (Å²) in [6, 6.07) is 13.5. The Labute approximate surface area is 190 Å². The molecule has 4 rings (SSSR count). The Morgan fingerprint density at radius 1 is 1.09 bits per heavy atom. The third-order valence-corrected chi connectivity index (χ3v) is 5.76. The number of benzene rings is 2. The molecule has 0 aliphatic carbocycles. The van der Waals surface area contributed by atoms with Crippen LogP contribution in [0.3, 0.4) is 0 Å². The number of ether oxygens (including phenoxy) is 2. The Bertz CT molecular complexity index is 1160. The number of esters is 1. The predicted octanol–water partition coefficient (Wildman–Crippen LogP) is 1.68. The zero-order chi connectivity index (χ0) is 23.4. The molecule has 1 aliphatic heterocycles. The van der Waals surface area contributed by atoms with Gasteiger partial charge in [-0.15, -0.1) is 0 Å². The Hall–Kier alpha value is -3.85. The first-order chi connectivity index (χ1) is 16.0. The summed E-state index contributed by atoms with van der Waals surface area (Å²) in [5.74, 6) is -0.460. The molecule has 0 spiro atoms. The topological polar surface area (TPSA) is 112 Å². The average Bonchev–Trinajstić information content (AvgIpc) is 3.29. The van der Waals surface area contributed by atoms with Crippen molar-refractivity contribution in [1.29, 1.82) is 0 Å². The molecule has 2 heterocycles. The lowest BCUT2D eigenvalue weighted by Gasteiger charge is -2.40. The van der Waals surface area contributed by atoms with Crippen LogP contribution in [0.5, 0.6) is 5.75 Å². The van der Waals surface area contributed by atoms with E-state index in [0.717, 1.165) is 0 Å². The van der Waals surface area contributed by atoms with Crippen LogP contribution in [0.25, 0.3) is 10.9 Å². The zero-order valence-electron chi connectivity index (χ0n) is 18.2. The first-order valence-electron chi connectivity index (χ1n) is 10.6. The Morgan fingerprint density at radius 2 is 1.88 bits per heavy atom. The van der Waals surface area contributed by atoms with Crippen LogP contribution in [0.1, 0.15) is 20.7 Å². The van der Waals surface area contributed by atoms with Gasteiger partial charge in [0, 0.05) is 36.8 Å². The van der Waals surface area contributed by atoms with E-state index < -0.39 is 12.0 Å². The second-order valence-corrected chi connectivity index (χ2v) is 7.70. The molecule has 172 valence electrons. The van der Waals surface area contributed by atoms with Crippen molar-refractivity contribution in [2.45, 2.75) is 6.04 Å². The molecule has 9 heteroatoms. The van der Waals surface area contributed by atoms with Gasteiger partial charge in [-0.2, -0.15) is 0 Å². The van der Waals surface area contributed by atoms with Crippen LogP contribution in [0.2, 0.25) is 0 Å². The van der Waals surface area contributed by atoms with Crippen molar-refractivity contribution in [3.63, 3.8) is 0 Å². The molecule has 1 fully saturated rings. The third-order valence-electron chi connectivity index (χ3n) is 5.76. The largest absolute Gasteiger partial charge is 0.482 e. The summed E-state index contributed by atoms with van der Waals surface area (Å²) in [5.41, 5.74) is 1.51. The fourth-order valence-corrected chi connectivity index (χ4v) is 4.04. The highest BCUT2D eigenvalue weighted by molar-refractivity contribution is 6.04. The lowest BCUT2D eigenvalue weighted by molar-refractivity contribution is -0.139. The van der Waals surface area contributed by atoms with Crippen LogP contribution in [-0.4, -0.2) is 83.7 Å². The molecule has 1 unspecified atom stereocenters. The molecular weight excluding hydrogens is 426 g/mol.